The first kappa shape index (κ1) is 13.6. The minimum Gasteiger partial charge on any atom is -0.353 e. The Morgan fingerprint density at radius 1 is 1.11 bits per heavy atom. The molecule has 0 amide bonds. The summed E-state index contributed by atoms with van der Waals surface area (Å²) in [5, 5.41) is 8.84. The van der Waals surface area contributed by atoms with E-state index in [2.05, 4.69) is 28.9 Å². The third-order valence-corrected chi connectivity index (χ3v) is 4.39. The maximum atomic E-state index is 5.96. The Morgan fingerprint density at radius 3 is 2.39 bits per heavy atom. The lowest BCUT2D eigenvalue weighted by Crippen LogP contribution is -2.35. The Bertz CT molecular complexity index is 402. The lowest BCUT2D eigenvalue weighted by molar-refractivity contribution is 0.772. The van der Waals surface area contributed by atoms with Crippen molar-refractivity contribution in [3.05, 3.63) is 16.8 Å². The molecule has 1 aromatic heterocycles. The van der Waals surface area contributed by atoms with Gasteiger partial charge in [0.25, 0.3) is 0 Å². The van der Waals surface area contributed by atoms with Crippen molar-refractivity contribution in [1.29, 1.82) is 0 Å². The van der Waals surface area contributed by atoms with Gasteiger partial charge in [0.1, 0.15) is 0 Å². The Balaban J connectivity index is 2.40. The molecule has 0 atom stereocenters. The summed E-state index contributed by atoms with van der Waals surface area (Å²) in [6.45, 7) is 6.97. The van der Waals surface area contributed by atoms with Crippen LogP contribution in [0.25, 0.3) is 0 Å². The van der Waals surface area contributed by atoms with Gasteiger partial charge in [-0.15, -0.1) is 5.10 Å². The molecule has 4 nitrogen and oxygen atoms in total. The number of thioether (sulfide) groups is 1. The molecule has 100 valence electrons. The summed E-state index contributed by atoms with van der Waals surface area (Å²) in [7, 11) is 0. The van der Waals surface area contributed by atoms with Crippen molar-refractivity contribution in [1.82, 2.24) is 10.2 Å². The average Bonchev–Trinajstić information content (AvgIpc) is 2.46. The van der Waals surface area contributed by atoms with Gasteiger partial charge in [-0.2, -0.15) is 16.9 Å². The van der Waals surface area contributed by atoms with Crippen molar-refractivity contribution in [2.24, 2.45) is 5.73 Å². The standard InChI is InChI=1S/C13H22N4S/c1-3-10-11(9-14)13(16-15-12(10)4-2)17-5-7-18-8-6-17/h3-9,14H2,1-2H3. The highest BCUT2D eigenvalue weighted by atomic mass is 32.2. The zero-order valence-corrected chi connectivity index (χ0v) is 12.1. The van der Waals surface area contributed by atoms with Crippen LogP contribution >= 0.6 is 11.8 Å². The van der Waals surface area contributed by atoms with Gasteiger partial charge in [0.2, 0.25) is 0 Å². The van der Waals surface area contributed by atoms with Crippen molar-refractivity contribution >= 4 is 17.6 Å². The molecular weight excluding hydrogens is 244 g/mol. The van der Waals surface area contributed by atoms with Gasteiger partial charge in [0.15, 0.2) is 5.82 Å². The van der Waals surface area contributed by atoms with Gasteiger partial charge in [0, 0.05) is 36.7 Å². The van der Waals surface area contributed by atoms with Gasteiger partial charge in [0.05, 0.1) is 5.69 Å². The molecule has 2 N–H and O–H groups in total. The minimum atomic E-state index is 0.560. The first-order valence-electron chi connectivity index (χ1n) is 6.71. The van der Waals surface area contributed by atoms with Crippen LogP contribution in [0, 0.1) is 0 Å². The van der Waals surface area contributed by atoms with E-state index in [0.717, 1.165) is 37.4 Å². The second kappa shape index (κ2) is 6.38. The molecule has 18 heavy (non-hydrogen) atoms. The molecule has 0 bridgehead atoms. The zero-order chi connectivity index (χ0) is 13.0. The van der Waals surface area contributed by atoms with Crippen molar-refractivity contribution in [2.45, 2.75) is 33.2 Å². The van der Waals surface area contributed by atoms with Gasteiger partial charge in [-0.05, 0) is 18.4 Å². The highest BCUT2D eigenvalue weighted by Crippen LogP contribution is 2.25. The smallest absolute Gasteiger partial charge is 0.156 e. The summed E-state index contributed by atoms with van der Waals surface area (Å²) < 4.78 is 0. The maximum absolute atomic E-state index is 5.96. The molecular formula is C13H22N4S. The quantitative estimate of drug-likeness (QED) is 0.897. The molecule has 0 aliphatic carbocycles. The van der Waals surface area contributed by atoms with Gasteiger partial charge in [-0.1, -0.05) is 13.8 Å². The summed E-state index contributed by atoms with van der Waals surface area (Å²) in [5.41, 5.74) is 9.58. The maximum Gasteiger partial charge on any atom is 0.156 e. The topological polar surface area (TPSA) is 55.0 Å². The minimum absolute atomic E-state index is 0.560. The van der Waals surface area contributed by atoms with E-state index < -0.39 is 0 Å². The number of rotatable bonds is 4. The van der Waals surface area contributed by atoms with Gasteiger partial charge in [-0.25, -0.2) is 0 Å². The van der Waals surface area contributed by atoms with Crippen molar-refractivity contribution in [3.63, 3.8) is 0 Å². The van der Waals surface area contributed by atoms with Crippen LogP contribution in [0.1, 0.15) is 30.7 Å². The highest BCUT2D eigenvalue weighted by molar-refractivity contribution is 7.99. The number of nitrogens with zero attached hydrogens (tertiary/aromatic N) is 3. The molecule has 0 unspecified atom stereocenters. The van der Waals surface area contributed by atoms with Crippen molar-refractivity contribution in [2.75, 3.05) is 29.5 Å². The first-order valence-corrected chi connectivity index (χ1v) is 7.87. The van der Waals surface area contributed by atoms with E-state index in [9.17, 15) is 0 Å². The van der Waals surface area contributed by atoms with Crippen LogP contribution in [0.2, 0.25) is 0 Å². The fourth-order valence-corrected chi connectivity index (χ4v) is 3.39. The summed E-state index contributed by atoms with van der Waals surface area (Å²) >= 11 is 2.00. The molecule has 0 aromatic carbocycles. The van der Waals surface area contributed by atoms with E-state index in [1.165, 1.54) is 22.6 Å². The van der Waals surface area contributed by atoms with Gasteiger partial charge < -0.3 is 10.6 Å². The number of hydrogen-bond acceptors (Lipinski definition) is 5. The Labute approximate surface area is 113 Å². The molecule has 5 heteroatoms. The van der Waals surface area contributed by atoms with Crippen molar-refractivity contribution < 1.29 is 0 Å². The molecule has 1 fully saturated rings. The lowest BCUT2D eigenvalue weighted by Gasteiger charge is -2.29. The largest absolute Gasteiger partial charge is 0.353 e. The summed E-state index contributed by atoms with van der Waals surface area (Å²) in [5.74, 6) is 3.36. The normalized spacial score (nSPS) is 16.1. The van der Waals surface area contributed by atoms with E-state index in [1.54, 1.807) is 0 Å². The Kier molecular flexibility index (Phi) is 4.83. The Morgan fingerprint density at radius 2 is 1.83 bits per heavy atom. The van der Waals surface area contributed by atoms with Crippen LogP contribution in [0.3, 0.4) is 0 Å². The van der Waals surface area contributed by atoms with E-state index in [1.807, 2.05) is 11.8 Å². The second-order valence-electron chi connectivity index (χ2n) is 4.44. The predicted molar refractivity (Wildman–Crippen MR) is 78.2 cm³/mol. The number of nitrogens with two attached hydrogens (primary N) is 1. The highest BCUT2D eigenvalue weighted by Gasteiger charge is 2.19. The number of aryl methyl sites for hydroxylation is 1. The van der Waals surface area contributed by atoms with Crippen molar-refractivity contribution in [3.8, 4) is 0 Å². The van der Waals surface area contributed by atoms with E-state index >= 15 is 0 Å². The van der Waals surface area contributed by atoms with Crippen LogP contribution in [0.15, 0.2) is 0 Å². The van der Waals surface area contributed by atoms with Crippen LogP contribution in [0.5, 0.6) is 0 Å². The molecule has 0 saturated carbocycles. The van der Waals surface area contributed by atoms with E-state index in [0.29, 0.717) is 6.54 Å². The second-order valence-corrected chi connectivity index (χ2v) is 5.66. The molecule has 1 aliphatic rings. The molecule has 2 rings (SSSR count). The molecule has 1 saturated heterocycles. The lowest BCUT2D eigenvalue weighted by atomic mass is 10.0. The molecule has 1 aliphatic heterocycles. The number of hydrogen-bond donors (Lipinski definition) is 1. The van der Waals surface area contributed by atoms with E-state index in [4.69, 9.17) is 5.73 Å². The predicted octanol–water partition coefficient (Wildman–Crippen LogP) is 1.61. The monoisotopic (exact) mass is 266 g/mol. The average molecular weight is 266 g/mol. The zero-order valence-electron chi connectivity index (χ0n) is 11.3. The fourth-order valence-electron chi connectivity index (χ4n) is 2.48. The fraction of sp³-hybridized carbons (Fsp3) is 0.692. The third kappa shape index (κ3) is 2.62. The van der Waals surface area contributed by atoms with Crippen LogP contribution in [-0.4, -0.2) is 34.8 Å². The van der Waals surface area contributed by atoms with Gasteiger partial charge >= 0.3 is 0 Å². The summed E-state index contributed by atoms with van der Waals surface area (Å²) in [6, 6.07) is 0. The van der Waals surface area contributed by atoms with Gasteiger partial charge in [-0.3, -0.25) is 0 Å². The van der Waals surface area contributed by atoms with Crippen LogP contribution < -0.4 is 10.6 Å². The number of anilines is 1. The molecule has 0 spiro atoms. The summed E-state index contributed by atoms with van der Waals surface area (Å²) in [6.07, 6.45) is 1.92. The first-order chi connectivity index (χ1) is 8.81. The van der Waals surface area contributed by atoms with E-state index in [-0.39, 0.29) is 0 Å². The summed E-state index contributed by atoms with van der Waals surface area (Å²) in [4.78, 5) is 2.34. The molecule has 0 radical (unpaired) electrons. The number of aromatic nitrogens is 2. The third-order valence-electron chi connectivity index (χ3n) is 3.45. The molecule has 2 heterocycles. The van der Waals surface area contributed by atoms with Crippen LogP contribution in [-0.2, 0) is 19.4 Å². The SMILES string of the molecule is CCc1nnc(N2CCSCC2)c(CN)c1CC. The molecule has 1 aromatic rings. The Hall–Kier alpha value is -0.810. The van der Waals surface area contributed by atoms with Crippen LogP contribution in [0.4, 0.5) is 5.82 Å².